The summed E-state index contributed by atoms with van der Waals surface area (Å²) in [4.78, 5) is 12.7. The van der Waals surface area contributed by atoms with Crippen LogP contribution in [0, 0.1) is 6.92 Å². The summed E-state index contributed by atoms with van der Waals surface area (Å²) in [6.45, 7) is 3.08. The van der Waals surface area contributed by atoms with Crippen molar-refractivity contribution in [3.63, 3.8) is 0 Å². The molecule has 0 saturated carbocycles. The van der Waals surface area contributed by atoms with E-state index in [4.69, 9.17) is 0 Å². The SMILES string of the molecule is Cc1cc([PH](=O)O)ccc1C1c2c(c3c4ccc5c6ccc7c8c9c%10c%11c%12c%13c%14c%15c(c2C%14CCC%13C%11CCC7%10)c3c2c4c5c(c68)c3c9c%12c%15c23)CN1C. The van der Waals surface area contributed by atoms with Crippen LogP contribution in [0.5, 0.6) is 0 Å². The predicted molar refractivity (Wildman–Crippen MR) is 223 cm³/mol. The maximum atomic E-state index is 12.3. The lowest BCUT2D eigenvalue weighted by molar-refractivity contribution is 0.302. The number of rotatable bonds is 2. The van der Waals surface area contributed by atoms with Crippen LogP contribution in [0.25, 0.3) is 108 Å². The quantitative estimate of drug-likeness (QED) is 0.144. The predicted octanol–water partition coefficient (Wildman–Crippen LogP) is 11.9. The van der Waals surface area contributed by atoms with E-state index in [0.717, 1.165) is 12.1 Å². The zero-order valence-corrected chi connectivity index (χ0v) is 30.8. The molecule has 0 radical (unpaired) electrons. The van der Waals surface area contributed by atoms with Crippen LogP contribution in [0.4, 0.5) is 0 Å². The molecule has 12 aromatic rings. The van der Waals surface area contributed by atoms with E-state index in [9.17, 15) is 9.46 Å². The van der Waals surface area contributed by atoms with E-state index in [1.54, 1.807) is 131 Å². The minimum absolute atomic E-state index is 0.117. The second kappa shape index (κ2) is 7.31. The Labute approximate surface area is 308 Å². The van der Waals surface area contributed by atoms with Gasteiger partial charge in [-0.15, -0.1) is 0 Å². The fourth-order valence-electron chi connectivity index (χ4n) is 16.3. The number of aryl methyl sites for hydroxylation is 1. The monoisotopic (exact) mass is 707 g/mol. The minimum atomic E-state index is -2.76. The number of benzene rings is 9. The Kier molecular flexibility index (Phi) is 3.53. The summed E-state index contributed by atoms with van der Waals surface area (Å²) in [7, 11) is -0.429. The molecule has 0 saturated heterocycles. The largest absolute Gasteiger partial charge is 0.343 e. The van der Waals surface area contributed by atoms with E-state index in [1.165, 1.54) is 52.8 Å². The Morgan fingerprint density at radius 3 is 1.83 bits per heavy atom. The Hall–Kier alpha value is -4.79. The van der Waals surface area contributed by atoms with Crippen molar-refractivity contribution in [1.29, 1.82) is 0 Å². The molecule has 6 atom stereocenters. The van der Waals surface area contributed by atoms with Gasteiger partial charge in [0, 0.05) is 23.7 Å². The van der Waals surface area contributed by atoms with Crippen LogP contribution in [0.15, 0.2) is 42.5 Å². The van der Waals surface area contributed by atoms with Crippen molar-refractivity contribution in [3.8, 4) is 0 Å². The molecule has 5 aliphatic carbocycles. The molecule has 12 aromatic carbocycles. The van der Waals surface area contributed by atoms with Gasteiger partial charge in [-0.25, -0.2) is 0 Å². The first kappa shape index (κ1) is 26.1. The smallest absolute Gasteiger partial charge is 0.218 e. The lowest BCUT2D eigenvalue weighted by atomic mass is 9.69. The zero-order chi connectivity index (χ0) is 34.4. The highest BCUT2D eigenvalue weighted by Crippen LogP contribution is 2.74. The highest BCUT2D eigenvalue weighted by molar-refractivity contribution is 7.47. The standard InChI is InChI=1S/C50H30NO2P/c1-15-13-16(54(52)53)3-4-17(15)50-37-26(14-51(50)2)27-24-11-9-22-20-7-5-18-19-6-8-21-23-10-12-25-35-33(23)41-31(21)29(19)39-28(18)30(20)40-32(22)34(24)42-38(27)44(36(25)37)43(35)49-47(41)45(39)46(40)48(42)49/h3-5,7,9,11,13,19,21,23,25,50,54H,6,8,10,12,14H2,1-2H3,(H,52,53). The van der Waals surface area contributed by atoms with Gasteiger partial charge >= 0.3 is 0 Å². The first-order valence-electron chi connectivity index (χ1n) is 20.4. The Morgan fingerprint density at radius 2 is 1.07 bits per heavy atom. The number of fused-ring (bicyclic) bond motifs is 8. The van der Waals surface area contributed by atoms with Gasteiger partial charge in [-0.05, 0) is 227 Å². The second-order valence-electron chi connectivity index (χ2n) is 18.9. The fraction of sp³-hybridized carbons (Fsp3) is 0.240. The highest BCUT2D eigenvalue weighted by atomic mass is 31.1. The molecule has 4 heteroatoms. The molecule has 1 aliphatic heterocycles. The minimum Gasteiger partial charge on any atom is -0.343 e. The van der Waals surface area contributed by atoms with E-state index in [0.29, 0.717) is 29.0 Å². The van der Waals surface area contributed by atoms with Crippen molar-refractivity contribution >= 4 is 121 Å². The molecule has 1 heterocycles. The normalized spacial score (nSPS) is 25.8. The Bertz CT molecular complexity index is 3910. The summed E-state index contributed by atoms with van der Waals surface area (Å²) in [6.07, 6.45) is 5.16. The van der Waals surface area contributed by atoms with E-state index in [-0.39, 0.29) is 6.04 Å². The lowest BCUT2D eigenvalue weighted by Crippen LogP contribution is -2.21. The van der Waals surface area contributed by atoms with Gasteiger partial charge in [-0.2, -0.15) is 0 Å². The third-order valence-electron chi connectivity index (χ3n) is 17.5. The van der Waals surface area contributed by atoms with Crippen molar-refractivity contribution in [1.82, 2.24) is 4.90 Å². The molecule has 18 rings (SSSR count). The van der Waals surface area contributed by atoms with Crippen LogP contribution < -0.4 is 5.30 Å². The number of hydrogen-bond donors (Lipinski definition) is 1. The van der Waals surface area contributed by atoms with E-state index < -0.39 is 8.03 Å². The van der Waals surface area contributed by atoms with Crippen LogP contribution in [0.2, 0.25) is 0 Å². The van der Waals surface area contributed by atoms with Crippen LogP contribution in [-0.2, 0) is 11.1 Å². The molecule has 252 valence electrons. The highest BCUT2D eigenvalue weighted by Gasteiger charge is 2.53. The third-order valence-corrected chi connectivity index (χ3v) is 18.3. The fourth-order valence-corrected chi connectivity index (χ4v) is 16.9. The summed E-state index contributed by atoms with van der Waals surface area (Å²) in [5.41, 5.74) is 15.9. The van der Waals surface area contributed by atoms with Crippen molar-refractivity contribution in [2.24, 2.45) is 0 Å². The molecule has 6 aliphatic rings. The molecule has 0 spiro atoms. The summed E-state index contributed by atoms with van der Waals surface area (Å²) >= 11 is 0. The van der Waals surface area contributed by atoms with Gasteiger partial charge in [0.15, 0.2) is 0 Å². The van der Waals surface area contributed by atoms with Crippen molar-refractivity contribution in [2.75, 3.05) is 7.05 Å². The molecular formula is C50H30NO2P. The number of nitrogens with zero attached hydrogens (tertiary/aromatic N) is 1. The van der Waals surface area contributed by atoms with Gasteiger partial charge in [-0.1, -0.05) is 30.3 Å². The molecule has 3 nitrogen and oxygen atoms in total. The van der Waals surface area contributed by atoms with Crippen LogP contribution in [-0.4, -0.2) is 16.8 Å². The molecule has 0 aromatic heterocycles. The molecule has 0 amide bonds. The Balaban J connectivity index is 1.18. The molecular weight excluding hydrogens is 678 g/mol. The zero-order valence-electron chi connectivity index (χ0n) is 29.8. The van der Waals surface area contributed by atoms with E-state index in [1.807, 2.05) is 12.1 Å². The van der Waals surface area contributed by atoms with Gasteiger partial charge in [0.1, 0.15) is 0 Å². The maximum Gasteiger partial charge on any atom is 0.218 e. The molecule has 0 fully saturated rings. The van der Waals surface area contributed by atoms with Gasteiger partial charge < -0.3 is 4.89 Å². The van der Waals surface area contributed by atoms with Crippen LogP contribution in [0.3, 0.4) is 0 Å². The van der Waals surface area contributed by atoms with Gasteiger partial charge in [0.2, 0.25) is 8.03 Å². The first-order chi connectivity index (χ1) is 26.5. The van der Waals surface area contributed by atoms with Crippen molar-refractivity contribution < 1.29 is 9.46 Å². The van der Waals surface area contributed by atoms with Crippen molar-refractivity contribution in [2.45, 2.75) is 68.9 Å². The molecule has 54 heavy (non-hydrogen) atoms. The van der Waals surface area contributed by atoms with Gasteiger partial charge in [0.05, 0.1) is 6.04 Å². The summed E-state index contributed by atoms with van der Waals surface area (Å²) in [5, 5.41) is 32.4. The summed E-state index contributed by atoms with van der Waals surface area (Å²) in [5.74, 6) is 2.29. The van der Waals surface area contributed by atoms with Gasteiger partial charge in [0.25, 0.3) is 0 Å². The first-order valence-corrected chi connectivity index (χ1v) is 21.7. The topological polar surface area (TPSA) is 40.5 Å². The summed E-state index contributed by atoms with van der Waals surface area (Å²) in [6, 6.07) is 16.4. The van der Waals surface area contributed by atoms with Gasteiger partial charge in [-0.3, -0.25) is 9.46 Å². The average molecular weight is 708 g/mol. The van der Waals surface area contributed by atoms with E-state index >= 15 is 0 Å². The number of hydrogen-bond acceptors (Lipinski definition) is 2. The molecule has 0 bridgehead atoms. The lowest BCUT2D eigenvalue weighted by Gasteiger charge is -2.34. The average Bonchev–Trinajstić information content (AvgIpc) is 4.02. The summed E-state index contributed by atoms with van der Waals surface area (Å²) < 4.78 is 12.3. The molecule has 6 unspecified atom stereocenters. The third kappa shape index (κ3) is 2.08. The maximum absolute atomic E-state index is 12.3. The van der Waals surface area contributed by atoms with Crippen LogP contribution in [0.1, 0.15) is 111 Å². The second-order valence-corrected chi connectivity index (χ2v) is 20.1. The van der Waals surface area contributed by atoms with E-state index in [2.05, 4.69) is 49.2 Å². The van der Waals surface area contributed by atoms with Crippen LogP contribution >= 0.6 is 8.03 Å². The Morgan fingerprint density at radius 1 is 0.537 bits per heavy atom. The molecule has 1 N–H and O–H groups in total. The van der Waals surface area contributed by atoms with Crippen molar-refractivity contribution in [3.05, 3.63) is 98.1 Å².